The van der Waals surface area contributed by atoms with Crippen LogP contribution in [0.4, 0.5) is 4.79 Å². The van der Waals surface area contributed by atoms with Crippen LogP contribution in [0.2, 0.25) is 0 Å². The van der Waals surface area contributed by atoms with Crippen molar-refractivity contribution in [3.8, 4) is 0 Å². The average Bonchev–Trinajstić information content (AvgIpc) is 2.37. The van der Waals surface area contributed by atoms with Crippen LogP contribution in [0, 0.1) is 0 Å². The Morgan fingerprint density at radius 3 is 2.90 bits per heavy atom. The number of hydrogen-bond donors (Lipinski definition) is 0. The number of carbonyl (C=O) groups is 1. The van der Waals surface area contributed by atoms with Gasteiger partial charge in [0.2, 0.25) is 0 Å². The van der Waals surface area contributed by atoms with Crippen LogP contribution in [0.5, 0.6) is 0 Å². The molecular weight excluding hydrogens is 320 g/mol. The van der Waals surface area contributed by atoms with Crippen LogP contribution >= 0.6 is 15.9 Å². The van der Waals surface area contributed by atoms with Crippen LogP contribution in [0.3, 0.4) is 0 Å². The summed E-state index contributed by atoms with van der Waals surface area (Å²) in [5, 5.41) is 0. The lowest BCUT2D eigenvalue weighted by atomic mass is 9.91. The fourth-order valence-electron chi connectivity index (χ4n) is 2.41. The summed E-state index contributed by atoms with van der Waals surface area (Å²) in [6.45, 7) is 7.17. The summed E-state index contributed by atoms with van der Waals surface area (Å²) >= 11 is 3.40. The van der Waals surface area contributed by atoms with E-state index in [2.05, 4.69) is 20.9 Å². The molecular formula is C15H21BrN2O2. The zero-order valence-corrected chi connectivity index (χ0v) is 13.8. The molecule has 0 bridgehead atoms. The van der Waals surface area contributed by atoms with Gasteiger partial charge in [-0.25, -0.2) is 9.78 Å². The first-order valence-electron chi connectivity index (χ1n) is 6.94. The van der Waals surface area contributed by atoms with Gasteiger partial charge in [0.1, 0.15) is 10.2 Å². The third kappa shape index (κ3) is 4.20. The summed E-state index contributed by atoms with van der Waals surface area (Å²) < 4.78 is 6.29. The van der Waals surface area contributed by atoms with Gasteiger partial charge in [-0.1, -0.05) is 0 Å². The highest BCUT2D eigenvalue weighted by atomic mass is 79.9. The van der Waals surface area contributed by atoms with Gasteiger partial charge >= 0.3 is 6.09 Å². The van der Waals surface area contributed by atoms with Crippen LogP contribution in [-0.4, -0.2) is 34.7 Å². The fraction of sp³-hybridized carbons (Fsp3) is 0.600. The third-order valence-corrected chi connectivity index (χ3v) is 3.73. The number of nitrogens with zero attached hydrogens (tertiary/aromatic N) is 2. The SMILES string of the molecule is CC(C)(C)OC(=O)N1CCCC(c2ccnc(Br)c2)C1. The van der Waals surface area contributed by atoms with Gasteiger partial charge in [0.15, 0.2) is 0 Å². The second-order valence-corrected chi connectivity index (χ2v) is 6.99. The van der Waals surface area contributed by atoms with Crippen molar-refractivity contribution < 1.29 is 9.53 Å². The standard InChI is InChI=1S/C15H21BrN2O2/c1-15(2,3)20-14(19)18-8-4-5-12(10-18)11-6-7-17-13(16)9-11/h6-7,9,12H,4-5,8,10H2,1-3H3. The molecule has 0 saturated carbocycles. The number of pyridine rings is 1. The Morgan fingerprint density at radius 2 is 2.25 bits per heavy atom. The van der Waals surface area contributed by atoms with E-state index >= 15 is 0 Å². The second kappa shape index (κ2) is 6.12. The predicted octanol–water partition coefficient (Wildman–Crippen LogP) is 3.96. The molecule has 1 aliphatic heterocycles. The van der Waals surface area contributed by atoms with E-state index in [0.29, 0.717) is 12.5 Å². The number of halogens is 1. The molecule has 0 radical (unpaired) electrons. The Hall–Kier alpha value is -1.10. The van der Waals surface area contributed by atoms with Crippen molar-refractivity contribution in [2.24, 2.45) is 0 Å². The summed E-state index contributed by atoms with van der Waals surface area (Å²) in [5.74, 6) is 0.357. The minimum Gasteiger partial charge on any atom is -0.444 e. The largest absolute Gasteiger partial charge is 0.444 e. The van der Waals surface area contributed by atoms with E-state index < -0.39 is 5.60 Å². The molecule has 1 aromatic rings. The number of hydrogen-bond acceptors (Lipinski definition) is 3. The van der Waals surface area contributed by atoms with Crippen molar-refractivity contribution in [1.29, 1.82) is 0 Å². The summed E-state index contributed by atoms with van der Waals surface area (Å²) in [5.41, 5.74) is 0.782. The molecule has 1 aliphatic rings. The lowest BCUT2D eigenvalue weighted by molar-refractivity contribution is 0.0198. The minimum atomic E-state index is -0.441. The van der Waals surface area contributed by atoms with E-state index in [1.807, 2.05) is 37.8 Å². The Morgan fingerprint density at radius 1 is 1.50 bits per heavy atom. The molecule has 2 rings (SSSR count). The number of piperidine rings is 1. The van der Waals surface area contributed by atoms with Gasteiger partial charge < -0.3 is 9.64 Å². The molecule has 5 heteroatoms. The van der Waals surface area contributed by atoms with E-state index in [-0.39, 0.29) is 6.09 Å². The molecule has 0 aliphatic carbocycles. The van der Waals surface area contributed by atoms with E-state index in [1.165, 1.54) is 5.56 Å². The van der Waals surface area contributed by atoms with Gasteiger partial charge in [-0.3, -0.25) is 0 Å². The highest BCUT2D eigenvalue weighted by Gasteiger charge is 2.28. The fourth-order valence-corrected chi connectivity index (χ4v) is 2.80. The highest BCUT2D eigenvalue weighted by molar-refractivity contribution is 9.10. The number of carbonyl (C=O) groups excluding carboxylic acids is 1. The van der Waals surface area contributed by atoms with E-state index in [9.17, 15) is 4.79 Å². The third-order valence-electron chi connectivity index (χ3n) is 3.30. The quantitative estimate of drug-likeness (QED) is 0.726. The predicted molar refractivity (Wildman–Crippen MR) is 81.7 cm³/mol. The molecule has 0 spiro atoms. The Kier molecular flexibility index (Phi) is 4.68. The van der Waals surface area contributed by atoms with E-state index in [4.69, 9.17) is 4.74 Å². The Bertz CT molecular complexity index is 485. The highest BCUT2D eigenvalue weighted by Crippen LogP contribution is 2.28. The molecule has 1 atom stereocenters. The summed E-state index contributed by atoms with van der Waals surface area (Å²) in [4.78, 5) is 18.1. The maximum Gasteiger partial charge on any atom is 0.410 e. The second-order valence-electron chi connectivity index (χ2n) is 6.18. The van der Waals surface area contributed by atoms with E-state index in [1.54, 1.807) is 6.20 Å². The van der Waals surface area contributed by atoms with Crippen molar-refractivity contribution in [2.75, 3.05) is 13.1 Å². The first-order valence-corrected chi connectivity index (χ1v) is 7.74. The smallest absolute Gasteiger partial charge is 0.410 e. The topological polar surface area (TPSA) is 42.4 Å². The zero-order valence-electron chi connectivity index (χ0n) is 12.2. The summed E-state index contributed by atoms with van der Waals surface area (Å²) in [7, 11) is 0. The maximum absolute atomic E-state index is 12.1. The van der Waals surface area contributed by atoms with Gasteiger partial charge in [-0.15, -0.1) is 0 Å². The van der Waals surface area contributed by atoms with Crippen LogP contribution in [0.15, 0.2) is 22.9 Å². The van der Waals surface area contributed by atoms with Crippen LogP contribution in [-0.2, 0) is 4.74 Å². The monoisotopic (exact) mass is 340 g/mol. The van der Waals surface area contributed by atoms with Crippen molar-refractivity contribution in [1.82, 2.24) is 9.88 Å². The first-order chi connectivity index (χ1) is 9.35. The van der Waals surface area contributed by atoms with Gasteiger partial charge in [0.05, 0.1) is 0 Å². The van der Waals surface area contributed by atoms with Crippen molar-refractivity contribution >= 4 is 22.0 Å². The van der Waals surface area contributed by atoms with Gasteiger partial charge in [-0.05, 0) is 67.2 Å². The van der Waals surface area contributed by atoms with Gasteiger partial charge in [-0.2, -0.15) is 0 Å². The number of likely N-dealkylation sites (tertiary alicyclic amines) is 1. The molecule has 1 amide bonds. The molecule has 0 N–H and O–H groups in total. The number of rotatable bonds is 1. The lowest BCUT2D eigenvalue weighted by Crippen LogP contribution is -2.42. The zero-order chi connectivity index (χ0) is 14.8. The lowest BCUT2D eigenvalue weighted by Gasteiger charge is -2.34. The van der Waals surface area contributed by atoms with Crippen molar-refractivity contribution in [2.45, 2.75) is 45.1 Å². The molecule has 1 unspecified atom stereocenters. The Balaban J connectivity index is 2.03. The number of amides is 1. The minimum absolute atomic E-state index is 0.213. The van der Waals surface area contributed by atoms with Gasteiger partial charge in [0, 0.05) is 25.2 Å². The molecule has 4 nitrogen and oxygen atoms in total. The summed E-state index contributed by atoms with van der Waals surface area (Å²) in [6.07, 6.45) is 3.68. The van der Waals surface area contributed by atoms with Gasteiger partial charge in [0.25, 0.3) is 0 Å². The number of aromatic nitrogens is 1. The molecule has 1 aromatic heterocycles. The van der Waals surface area contributed by atoms with Crippen LogP contribution in [0.1, 0.15) is 45.1 Å². The molecule has 0 aromatic carbocycles. The first kappa shape index (κ1) is 15.3. The van der Waals surface area contributed by atoms with Crippen molar-refractivity contribution in [3.63, 3.8) is 0 Å². The molecule has 110 valence electrons. The summed E-state index contributed by atoms with van der Waals surface area (Å²) in [6, 6.07) is 4.05. The Labute approximate surface area is 128 Å². The molecule has 1 fully saturated rings. The van der Waals surface area contributed by atoms with Crippen LogP contribution < -0.4 is 0 Å². The normalized spacial score (nSPS) is 19.8. The van der Waals surface area contributed by atoms with Crippen LogP contribution in [0.25, 0.3) is 0 Å². The van der Waals surface area contributed by atoms with E-state index in [0.717, 1.165) is 24.0 Å². The molecule has 2 heterocycles. The molecule has 1 saturated heterocycles. The van der Waals surface area contributed by atoms with Crippen molar-refractivity contribution in [3.05, 3.63) is 28.5 Å². The number of ether oxygens (including phenoxy) is 1. The average molecular weight is 341 g/mol. The maximum atomic E-state index is 12.1. The molecule has 20 heavy (non-hydrogen) atoms.